The van der Waals surface area contributed by atoms with E-state index < -0.39 is 0 Å². The van der Waals surface area contributed by atoms with Crippen molar-refractivity contribution in [2.45, 2.75) is 19.6 Å². The summed E-state index contributed by atoms with van der Waals surface area (Å²) in [5.41, 5.74) is 1.33. The molecule has 4 rings (SSSR count). The summed E-state index contributed by atoms with van der Waals surface area (Å²) in [6, 6.07) is 0. The van der Waals surface area contributed by atoms with E-state index in [0.29, 0.717) is 44.4 Å². The van der Waals surface area contributed by atoms with Crippen LogP contribution in [0.25, 0.3) is 4.96 Å². The maximum atomic E-state index is 13.1. The largest absolute Gasteiger partial charge is 0.383 e. The first-order valence-electron chi connectivity index (χ1n) is 8.27. The molecule has 1 saturated heterocycles. The van der Waals surface area contributed by atoms with Gasteiger partial charge in [-0.05, 0) is 17.4 Å². The molecule has 4 heterocycles. The van der Waals surface area contributed by atoms with Gasteiger partial charge in [-0.15, -0.1) is 16.4 Å². The van der Waals surface area contributed by atoms with Gasteiger partial charge in [0.05, 0.1) is 32.0 Å². The molecule has 0 unspecified atom stereocenters. The van der Waals surface area contributed by atoms with Gasteiger partial charge in [0.1, 0.15) is 11.8 Å². The Kier molecular flexibility index (Phi) is 4.66. The number of aromatic nitrogens is 6. The quantitative estimate of drug-likeness (QED) is 0.640. The highest BCUT2D eigenvalue weighted by molar-refractivity contribution is 7.15. The highest BCUT2D eigenvalue weighted by Gasteiger charge is 2.31. The van der Waals surface area contributed by atoms with Crippen molar-refractivity contribution in [2.24, 2.45) is 0 Å². The van der Waals surface area contributed by atoms with Crippen molar-refractivity contribution in [3.8, 4) is 0 Å². The maximum absolute atomic E-state index is 13.1. The number of morpholine rings is 1. The van der Waals surface area contributed by atoms with Crippen molar-refractivity contribution < 1.29 is 14.3 Å². The Morgan fingerprint density at radius 1 is 1.50 bits per heavy atom. The summed E-state index contributed by atoms with van der Waals surface area (Å²) in [5, 5.41) is 13.7. The smallest absolute Gasteiger partial charge is 0.272 e. The lowest BCUT2D eigenvalue weighted by Gasteiger charge is -2.32. The predicted octanol–water partition coefficient (Wildman–Crippen LogP) is 0.551. The predicted molar refractivity (Wildman–Crippen MR) is 92.1 cm³/mol. The highest BCUT2D eigenvalue weighted by atomic mass is 32.1. The number of imidazole rings is 1. The zero-order valence-electron chi connectivity index (χ0n) is 14.5. The fourth-order valence-corrected chi connectivity index (χ4v) is 3.83. The summed E-state index contributed by atoms with van der Waals surface area (Å²) >= 11 is 1.51. The summed E-state index contributed by atoms with van der Waals surface area (Å²) in [7, 11) is 1.63. The SMILES string of the molecule is COCCn1nnnc1[C@H]1CN(C(=O)c2c(C)nc3sccn23)CCO1. The van der Waals surface area contributed by atoms with Crippen LogP contribution in [0.4, 0.5) is 0 Å². The molecule has 0 aromatic carbocycles. The molecule has 0 N–H and O–H groups in total. The molecule has 3 aromatic rings. The number of thiazole rings is 1. The van der Waals surface area contributed by atoms with E-state index in [1.165, 1.54) is 11.3 Å². The third-order valence-corrected chi connectivity index (χ3v) is 5.10. The van der Waals surface area contributed by atoms with Crippen molar-refractivity contribution in [1.82, 2.24) is 34.5 Å². The summed E-state index contributed by atoms with van der Waals surface area (Å²) < 4.78 is 14.4. The van der Waals surface area contributed by atoms with Gasteiger partial charge in [0.15, 0.2) is 10.8 Å². The number of ether oxygens (including phenoxy) is 2. The summed E-state index contributed by atoms with van der Waals surface area (Å²) in [5.74, 6) is 0.544. The molecule has 26 heavy (non-hydrogen) atoms. The van der Waals surface area contributed by atoms with Gasteiger partial charge in [0, 0.05) is 25.2 Å². The molecule has 1 amide bonds. The van der Waals surface area contributed by atoms with Crippen LogP contribution in [-0.4, -0.2) is 73.8 Å². The molecular formula is C15H19N7O3S. The molecule has 138 valence electrons. The van der Waals surface area contributed by atoms with Crippen molar-refractivity contribution >= 4 is 22.2 Å². The Morgan fingerprint density at radius 2 is 2.38 bits per heavy atom. The van der Waals surface area contributed by atoms with Crippen LogP contribution in [-0.2, 0) is 16.0 Å². The van der Waals surface area contributed by atoms with Crippen LogP contribution in [0, 0.1) is 6.92 Å². The summed E-state index contributed by atoms with van der Waals surface area (Å²) in [6.45, 7) is 4.23. The van der Waals surface area contributed by atoms with Crippen LogP contribution >= 0.6 is 11.3 Å². The normalized spacial score (nSPS) is 17.9. The molecule has 0 aliphatic carbocycles. The zero-order valence-corrected chi connectivity index (χ0v) is 15.3. The number of aryl methyl sites for hydroxylation is 1. The molecule has 1 aliphatic heterocycles. The summed E-state index contributed by atoms with van der Waals surface area (Å²) in [4.78, 5) is 20.2. The van der Waals surface area contributed by atoms with E-state index in [4.69, 9.17) is 9.47 Å². The van der Waals surface area contributed by atoms with Gasteiger partial charge in [-0.25, -0.2) is 9.67 Å². The third-order valence-electron chi connectivity index (χ3n) is 4.35. The van der Waals surface area contributed by atoms with E-state index in [-0.39, 0.29) is 12.0 Å². The Balaban J connectivity index is 1.55. The standard InChI is InChI=1S/C15H19N7O3S/c1-10-12(21-5-8-26-15(21)16-10)14(23)20-3-7-25-11(9-20)13-17-18-19-22(13)4-6-24-2/h5,8,11H,3-4,6-7,9H2,1-2H3/t11-/m1/s1. The molecule has 10 nitrogen and oxygen atoms in total. The highest BCUT2D eigenvalue weighted by Crippen LogP contribution is 2.23. The third kappa shape index (κ3) is 2.97. The van der Waals surface area contributed by atoms with E-state index in [1.807, 2.05) is 22.9 Å². The van der Waals surface area contributed by atoms with E-state index in [2.05, 4.69) is 20.5 Å². The van der Waals surface area contributed by atoms with E-state index in [1.54, 1.807) is 16.7 Å². The Morgan fingerprint density at radius 3 is 3.23 bits per heavy atom. The lowest BCUT2D eigenvalue weighted by Crippen LogP contribution is -2.43. The monoisotopic (exact) mass is 377 g/mol. The van der Waals surface area contributed by atoms with Crippen LogP contribution in [0.15, 0.2) is 11.6 Å². The Hall–Kier alpha value is -2.37. The van der Waals surface area contributed by atoms with Crippen molar-refractivity contribution in [3.63, 3.8) is 0 Å². The Labute approximate surface area is 153 Å². The van der Waals surface area contributed by atoms with Crippen LogP contribution in [0.5, 0.6) is 0 Å². The average Bonchev–Trinajstić information content (AvgIpc) is 3.35. The minimum Gasteiger partial charge on any atom is -0.383 e. The molecule has 1 atom stereocenters. The van der Waals surface area contributed by atoms with Gasteiger partial charge in [-0.3, -0.25) is 9.20 Å². The van der Waals surface area contributed by atoms with Gasteiger partial charge in [0.2, 0.25) is 0 Å². The van der Waals surface area contributed by atoms with Crippen LogP contribution in [0.2, 0.25) is 0 Å². The van der Waals surface area contributed by atoms with Crippen LogP contribution < -0.4 is 0 Å². The number of methoxy groups -OCH3 is 1. The van der Waals surface area contributed by atoms with Crippen molar-refractivity contribution in [1.29, 1.82) is 0 Å². The molecule has 0 radical (unpaired) electrons. The summed E-state index contributed by atoms with van der Waals surface area (Å²) in [6.07, 6.45) is 1.50. The molecule has 0 saturated carbocycles. The molecule has 3 aromatic heterocycles. The number of carbonyl (C=O) groups excluding carboxylic acids is 1. The second-order valence-electron chi connectivity index (χ2n) is 5.97. The second kappa shape index (κ2) is 7.09. The first-order chi connectivity index (χ1) is 12.7. The van der Waals surface area contributed by atoms with Gasteiger partial charge < -0.3 is 14.4 Å². The molecule has 11 heteroatoms. The molecule has 1 aliphatic rings. The zero-order chi connectivity index (χ0) is 18.1. The van der Waals surface area contributed by atoms with Gasteiger partial charge >= 0.3 is 0 Å². The van der Waals surface area contributed by atoms with Gasteiger partial charge in [-0.2, -0.15) is 0 Å². The Bertz CT molecular complexity index is 918. The molecule has 0 bridgehead atoms. The maximum Gasteiger partial charge on any atom is 0.272 e. The number of amides is 1. The van der Waals surface area contributed by atoms with Gasteiger partial charge in [-0.1, -0.05) is 0 Å². The van der Waals surface area contributed by atoms with Crippen LogP contribution in [0.1, 0.15) is 28.1 Å². The molecular weight excluding hydrogens is 358 g/mol. The first kappa shape index (κ1) is 17.1. The number of carbonyl (C=O) groups is 1. The van der Waals surface area contributed by atoms with E-state index in [9.17, 15) is 4.79 Å². The topological polar surface area (TPSA) is 99.7 Å². The first-order valence-corrected chi connectivity index (χ1v) is 9.15. The second-order valence-corrected chi connectivity index (χ2v) is 6.84. The number of tetrazole rings is 1. The minimum atomic E-state index is -0.370. The van der Waals surface area contributed by atoms with Crippen molar-refractivity contribution in [2.75, 3.05) is 33.4 Å². The number of rotatable bonds is 5. The van der Waals surface area contributed by atoms with Crippen molar-refractivity contribution in [3.05, 3.63) is 28.8 Å². The number of nitrogens with zero attached hydrogens (tertiary/aromatic N) is 7. The molecule has 0 spiro atoms. The number of hydrogen-bond acceptors (Lipinski definition) is 8. The lowest BCUT2D eigenvalue weighted by molar-refractivity contribution is -0.0294. The van der Waals surface area contributed by atoms with E-state index in [0.717, 1.165) is 10.7 Å². The average molecular weight is 377 g/mol. The molecule has 1 fully saturated rings. The minimum absolute atomic E-state index is 0.0578. The number of hydrogen-bond donors (Lipinski definition) is 0. The lowest BCUT2D eigenvalue weighted by atomic mass is 10.2. The number of fused-ring (bicyclic) bond motifs is 1. The van der Waals surface area contributed by atoms with Crippen LogP contribution in [0.3, 0.4) is 0 Å². The fourth-order valence-electron chi connectivity index (χ4n) is 3.07. The van der Waals surface area contributed by atoms with Gasteiger partial charge in [0.25, 0.3) is 5.91 Å². The fraction of sp³-hybridized carbons (Fsp3) is 0.533. The van der Waals surface area contributed by atoms with E-state index >= 15 is 0 Å².